The Kier molecular flexibility index (Phi) is 10.4. The summed E-state index contributed by atoms with van der Waals surface area (Å²) in [6.07, 6.45) is 0.349. The van der Waals surface area contributed by atoms with E-state index in [4.69, 9.17) is 4.42 Å². The van der Waals surface area contributed by atoms with Crippen molar-refractivity contribution in [3.63, 3.8) is 0 Å². The second kappa shape index (κ2) is 15.0. The van der Waals surface area contributed by atoms with Crippen LogP contribution in [0.5, 0.6) is 0 Å². The molecule has 0 radical (unpaired) electrons. The zero-order valence-corrected chi connectivity index (χ0v) is 30.3. The Hall–Kier alpha value is -5.58. The molecule has 0 aliphatic rings. The van der Waals surface area contributed by atoms with Gasteiger partial charge in [0.2, 0.25) is 11.8 Å². The lowest BCUT2D eigenvalue weighted by Gasteiger charge is -2.20. The molecule has 0 aliphatic heterocycles. The van der Waals surface area contributed by atoms with Gasteiger partial charge in [-0.25, -0.2) is 13.4 Å². The number of nitrogens with one attached hydrogen (secondary N) is 2. The first-order valence-corrected chi connectivity index (χ1v) is 18.6. The van der Waals surface area contributed by atoms with Crippen LogP contribution in [0.3, 0.4) is 0 Å². The number of aryl methyl sites for hydroxylation is 1. The van der Waals surface area contributed by atoms with E-state index in [0.717, 1.165) is 44.5 Å². The number of hydrogen-bond acceptors (Lipinski definition) is 7. The standard InChI is InChI=1S/C42H41N3O6S/c1-27-6-5-7-37-38(27)51-41(45-37)33-18-22-35(23-19-33)44-40(47)36(26-28-8-10-32(11-9-28)39(46)43-24-25-52(48,49)50)31-14-12-29(13-15-31)30-16-20-34(21-17-30)42(2,3)4/h5-23,36H,24-26H2,1-4H3,(H,43,46)(H,44,47)(H,48,49,50)/p-1/t36-/m1/s1. The van der Waals surface area contributed by atoms with E-state index in [1.807, 2.05) is 73.7 Å². The minimum absolute atomic E-state index is 0.0511. The maximum atomic E-state index is 14.0. The Morgan fingerprint density at radius 1 is 0.808 bits per heavy atom. The first-order valence-electron chi connectivity index (χ1n) is 17.0. The predicted octanol–water partition coefficient (Wildman–Crippen LogP) is 8.01. The molecule has 0 aliphatic carbocycles. The lowest BCUT2D eigenvalue weighted by Crippen LogP contribution is -2.29. The molecule has 6 aromatic rings. The second-order valence-electron chi connectivity index (χ2n) is 13.9. The second-order valence-corrected chi connectivity index (χ2v) is 15.5. The molecule has 1 atom stereocenters. The van der Waals surface area contributed by atoms with Gasteiger partial charge in [-0.05, 0) is 94.6 Å². The third-order valence-corrected chi connectivity index (χ3v) is 9.72. The number of anilines is 1. The number of nitrogens with zero attached hydrogens (tertiary/aromatic N) is 1. The van der Waals surface area contributed by atoms with Gasteiger partial charge in [-0.2, -0.15) is 0 Å². The molecule has 2 amide bonds. The number of rotatable bonds is 11. The van der Waals surface area contributed by atoms with Gasteiger partial charge in [0.1, 0.15) is 5.52 Å². The van der Waals surface area contributed by atoms with E-state index in [2.05, 4.69) is 60.7 Å². The van der Waals surface area contributed by atoms with Crippen LogP contribution in [0.2, 0.25) is 0 Å². The summed E-state index contributed by atoms with van der Waals surface area (Å²) in [4.78, 5) is 31.1. The van der Waals surface area contributed by atoms with Crippen molar-refractivity contribution in [1.82, 2.24) is 10.3 Å². The van der Waals surface area contributed by atoms with E-state index in [1.54, 1.807) is 24.3 Å². The van der Waals surface area contributed by atoms with Gasteiger partial charge in [-0.1, -0.05) is 93.6 Å². The number of aromatic nitrogens is 1. The van der Waals surface area contributed by atoms with Gasteiger partial charge in [-0.3, -0.25) is 9.59 Å². The number of oxazole rings is 1. The fourth-order valence-electron chi connectivity index (χ4n) is 5.99. The molecule has 0 unspecified atom stereocenters. The Bertz CT molecular complexity index is 2310. The summed E-state index contributed by atoms with van der Waals surface area (Å²) in [6.45, 7) is 8.25. The van der Waals surface area contributed by atoms with Gasteiger partial charge in [0, 0.05) is 23.4 Å². The summed E-state index contributed by atoms with van der Waals surface area (Å²) in [5, 5.41) is 5.53. The first kappa shape index (κ1) is 36.2. The van der Waals surface area contributed by atoms with Gasteiger partial charge in [0.15, 0.2) is 5.58 Å². The van der Waals surface area contributed by atoms with E-state index < -0.39 is 27.7 Å². The third-order valence-electron chi connectivity index (χ3n) is 9.02. The zero-order chi connectivity index (χ0) is 37.0. The molecule has 5 aromatic carbocycles. The molecular weight excluding hydrogens is 675 g/mol. The average molecular weight is 715 g/mol. The van der Waals surface area contributed by atoms with E-state index in [9.17, 15) is 22.6 Å². The average Bonchev–Trinajstić information content (AvgIpc) is 3.56. The Morgan fingerprint density at radius 3 is 2.02 bits per heavy atom. The van der Waals surface area contributed by atoms with Crippen molar-refractivity contribution in [2.24, 2.45) is 0 Å². The van der Waals surface area contributed by atoms with Crippen LogP contribution in [0.1, 0.15) is 59.3 Å². The summed E-state index contributed by atoms with van der Waals surface area (Å²) in [5.41, 5.74) is 9.31. The van der Waals surface area contributed by atoms with E-state index >= 15 is 0 Å². The molecule has 1 aromatic heterocycles. The Labute approximate surface area is 303 Å². The van der Waals surface area contributed by atoms with Crippen LogP contribution in [0.25, 0.3) is 33.7 Å². The molecule has 2 N–H and O–H groups in total. The molecule has 1 heterocycles. The largest absolute Gasteiger partial charge is 0.748 e. The summed E-state index contributed by atoms with van der Waals surface area (Å²) < 4.78 is 38.7. The Balaban J connectivity index is 1.22. The summed E-state index contributed by atoms with van der Waals surface area (Å²) in [7, 11) is -4.44. The highest BCUT2D eigenvalue weighted by molar-refractivity contribution is 7.85. The van der Waals surface area contributed by atoms with Gasteiger partial charge in [0.05, 0.1) is 21.8 Å². The Morgan fingerprint density at radius 2 is 1.42 bits per heavy atom. The molecule has 0 bridgehead atoms. The lowest BCUT2D eigenvalue weighted by atomic mass is 9.86. The predicted molar refractivity (Wildman–Crippen MR) is 203 cm³/mol. The van der Waals surface area contributed by atoms with Crippen molar-refractivity contribution in [2.75, 3.05) is 17.6 Å². The SMILES string of the molecule is Cc1cccc2nc(-c3ccc(NC(=O)[C@H](Cc4ccc(C(=O)NCCS(=O)(=O)[O-])cc4)c4ccc(-c5ccc(C(C)(C)C)cc5)cc4)cc3)oc12. The number of amides is 2. The monoisotopic (exact) mass is 714 g/mol. The molecule has 0 spiro atoms. The van der Waals surface area contributed by atoms with Crippen molar-refractivity contribution >= 4 is 38.7 Å². The highest BCUT2D eigenvalue weighted by Gasteiger charge is 2.23. The van der Waals surface area contributed by atoms with Crippen LogP contribution >= 0.6 is 0 Å². The van der Waals surface area contributed by atoms with Crippen LogP contribution in [-0.4, -0.2) is 42.1 Å². The molecule has 6 rings (SSSR count). The normalized spacial score (nSPS) is 12.4. The van der Waals surface area contributed by atoms with E-state index in [-0.39, 0.29) is 17.9 Å². The van der Waals surface area contributed by atoms with Gasteiger partial charge in [0.25, 0.3) is 5.91 Å². The molecule has 0 fully saturated rings. The van der Waals surface area contributed by atoms with Crippen molar-refractivity contribution < 1.29 is 27.0 Å². The first-order chi connectivity index (χ1) is 24.7. The van der Waals surface area contributed by atoms with Crippen molar-refractivity contribution in [3.8, 4) is 22.6 Å². The molecule has 0 saturated heterocycles. The molecule has 0 saturated carbocycles. The van der Waals surface area contributed by atoms with E-state index in [1.165, 1.54) is 5.56 Å². The van der Waals surface area contributed by atoms with Gasteiger partial charge >= 0.3 is 0 Å². The molecular formula is C42H40N3O6S-. The number of fused-ring (bicyclic) bond motifs is 1. The number of benzene rings is 5. The van der Waals surface area contributed by atoms with Crippen molar-refractivity contribution in [2.45, 2.75) is 45.4 Å². The fourth-order valence-corrected chi connectivity index (χ4v) is 6.34. The molecule has 266 valence electrons. The maximum absolute atomic E-state index is 14.0. The number of carbonyl (C=O) groups is 2. The summed E-state index contributed by atoms with van der Waals surface area (Å²) >= 11 is 0. The maximum Gasteiger partial charge on any atom is 0.251 e. The quantitative estimate of drug-likeness (QED) is 0.130. The van der Waals surface area contributed by atoms with Crippen LogP contribution in [0.15, 0.2) is 120 Å². The van der Waals surface area contributed by atoms with E-state index in [0.29, 0.717) is 23.6 Å². The number of para-hydroxylation sites is 1. The van der Waals surface area contributed by atoms with Crippen LogP contribution in [-0.2, 0) is 26.7 Å². The zero-order valence-electron chi connectivity index (χ0n) is 29.5. The highest BCUT2D eigenvalue weighted by atomic mass is 32.2. The fraction of sp³-hybridized carbons (Fsp3) is 0.214. The minimum atomic E-state index is -4.44. The van der Waals surface area contributed by atoms with Gasteiger partial charge in [-0.15, -0.1) is 0 Å². The van der Waals surface area contributed by atoms with Crippen LogP contribution in [0, 0.1) is 6.92 Å². The van der Waals surface area contributed by atoms with Gasteiger partial charge < -0.3 is 19.6 Å². The van der Waals surface area contributed by atoms with Crippen LogP contribution < -0.4 is 10.6 Å². The lowest BCUT2D eigenvalue weighted by molar-refractivity contribution is -0.117. The summed E-state index contributed by atoms with van der Waals surface area (Å²) in [5.74, 6) is -1.45. The third kappa shape index (κ3) is 8.82. The molecule has 52 heavy (non-hydrogen) atoms. The summed E-state index contributed by atoms with van der Waals surface area (Å²) in [6, 6.07) is 36.5. The smallest absolute Gasteiger partial charge is 0.251 e. The number of hydrogen-bond donors (Lipinski definition) is 2. The van der Waals surface area contributed by atoms with Crippen molar-refractivity contribution in [1.29, 1.82) is 0 Å². The molecule has 10 heteroatoms. The van der Waals surface area contributed by atoms with Crippen molar-refractivity contribution in [3.05, 3.63) is 143 Å². The topological polar surface area (TPSA) is 141 Å². The van der Waals surface area contributed by atoms with Crippen LogP contribution in [0.4, 0.5) is 5.69 Å². The number of carbonyl (C=O) groups excluding carboxylic acids is 2. The highest BCUT2D eigenvalue weighted by Crippen LogP contribution is 2.31. The minimum Gasteiger partial charge on any atom is -0.748 e. The molecule has 9 nitrogen and oxygen atoms in total.